The van der Waals surface area contributed by atoms with Crippen LogP contribution in [0.2, 0.25) is 0 Å². The van der Waals surface area contributed by atoms with Crippen LogP contribution in [0, 0.1) is 0 Å². The Bertz CT molecular complexity index is 1150. The van der Waals surface area contributed by atoms with E-state index in [2.05, 4.69) is 5.32 Å². The molecule has 1 aromatic heterocycles. The first-order valence-electron chi connectivity index (χ1n) is 10.4. The number of ether oxygens (including phenoxy) is 1. The summed E-state index contributed by atoms with van der Waals surface area (Å²) in [5.74, 6) is -0.644. The van der Waals surface area contributed by atoms with Crippen LogP contribution in [0.1, 0.15) is 61.8 Å². The van der Waals surface area contributed by atoms with Crippen LogP contribution in [-0.2, 0) is 24.4 Å². The van der Waals surface area contributed by atoms with E-state index >= 15 is 0 Å². The van der Waals surface area contributed by atoms with Gasteiger partial charge in [0.1, 0.15) is 5.76 Å². The summed E-state index contributed by atoms with van der Waals surface area (Å²) >= 11 is 0. The number of hydrogen-bond acceptors (Lipinski definition) is 5. The van der Waals surface area contributed by atoms with Gasteiger partial charge in [-0.3, -0.25) is 19.3 Å². The molecule has 0 radical (unpaired) electrons. The van der Waals surface area contributed by atoms with Gasteiger partial charge in [0.25, 0.3) is 17.7 Å². The van der Waals surface area contributed by atoms with Crippen molar-refractivity contribution in [3.8, 4) is 0 Å². The van der Waals surface area contributed by atoms with Crippen molar-refractivity contribution in [2.45, 2.75) is 39.6 Å². The van der Waals surface area contributed by atoms with Gasteiger partial charge in [-0.15, -0.1) is 0 Å². The van der Waals surface area contributed by atoms with Crippen molar-refractivity contribution in [2.24, 2.45) is 0 Å². The van der Waals surface area contributed by atoms with Gasteiger partial charge in [0.15, 0.2) is 0 Å². The maximum absolute atomic E-state index is 12.8. The van der Waals surface area contributed by atoms with Gasteiger partial charge in [0.05, 0.1) is 36.6 Å². The van der Waals surface area contributed by atoms with Crippen molar-refractivity contribution in [1.29, 1.82) is 0 Å². The number of carbonyl (C=O) groups is 3. The molecule has 0 saturated heterocycles. The second-order valence-electron chi connectivity index (χ2n) is 7.85. The molecular formula is C25H24N2O5. The average Bonchev–Trinajstić information content (AvgIpc) is 3.39. The molecule has 7 heteroatoms. The van der Waals surface area contributed by atoms with Gasteiger partial charge >= 0.3 is 0 Å². The number of nitrogens with one attached hydrogen (secondary N) is 1. The molecule has 1 aliphatic rings. The minimum absolute atomic E-state index is 0.0517. The van der Waals surface area contributed by atoms with Crippen molar-refractivity contribution in [3.05, 3.63) is 94.4 Å². The molecule has 0 spiro atoms. The van der Waals surface area contributed by atoms with Crippen molar-refractivity contribution in [1.82, 2.24) is 10.2 Å². The van der Waals surface area contributed by atoms with Gasteiger partial charge in [-0.2, -0.15) is 0 Å². The molecule has 4 rings (SSSR count). The van der Waals surface area contributed by atoms with E-state index in [1.165, 1.54) is 18.4 Å². The Morgan fingerprint density at radius 3 is 2.47 bits per heavy atom. The first kappa shape index (κ1) is 21.5. The minimum Gasteiger partial charge on any atom is -0.467 e. The molecular weight excluding hydrogens is 408 g/mol. The molecule has 1 aliphatic heterocycles. The summed E-state index contributed by atoms with van der Waals surface area (Å²) in [6.45, 7) is 4.78. The van der Waals surface area contributed by atoms with Crippen LogP contribution in [0.3, 0.4) is 0 Å². The molecule has 7 nitrogen and oxygen atoms in total. The predicted octanol–water partition coefficient (Wildman–Crippen LogP) is 3.93. The molecule has 1 N–H and O–H groups in total. The molecule has 32 heavy (non-hydrogen) atoms. The number of nitrogens with zero attached hydrogens (tertiary/aromatic N) is 1. The van der Waals surface area contributed by atoms with E-state index in [1.54, 1.807) is 18.2 Å². The summed E-state index contributed by atoms with van der Waals surface area (Å²) in [5, 5.41) is 2.89. The van der Waals surface area contributed by atoms with Crippen LogP contribution in [0.25, 0.3) is 0 Å². The highest BCUT2D eigenvalue weighted by atomic mass is 16.5. The van der Waals surface area contributed by atoms with Crippen molar-refractivity contribution in [3.63, 3.8) is 0 Å². The smallest absolute Gasteiger partial charge is 0.261 e. The van der Waals surface area contributed by atoms with Gasteiger partial charge in [0, 0.05) is 12.1 Å². The van der Waals surface area contributed by atoms with Gasteiger partial charge in [-0.1, -0.05) is 24.3 Å². The fourth-order valence-corrected chi connectivity index (χ4v) is 3.54. The third kappa shape index (κ3) is 4.48. The monoisotopic (exact) mass is 432 g/mol. The van der Waals surface area contributed by atoms with Crippen LogP contribution in [-0.4, -0.2) is 28.7 Å². The number of hydrogen-bond donors (Lipinski definition) is 1. The van der Waals surface area contributed by atoms with Crippen LogP contribution < -0.4 is 5.32 Å². The first-order valence-corrected chi connectivity index (χ1v) is 10.4. The lowest BCUT2D eigenvalue weighted by molar-refractivity contribution is 0.0630. The average molecular weight is 432 g/mol. The van der Waals surface area contributed by atoms with Gasteiger partial charge in [-0.05, 0) is 55.3 Å². The highest BCUT2D eigenvalue weighted by Gasteiger charge is 2.36. The van der Waals surface area contributed by atoms with E-state index in [4.69, 9.17) is 9.15 Å². The number of rotatable bonds is 8. The molecule has 3 amide bonds. The van der Waals surface area contributed by atoms with Gasteiger partial charge < -0.3 is 14.5 Å². The Labute approximate surface area is 186 Å². The van der Waals surface area contributed by atoms with Crippen molar-refractivity contribution < 1.29 is 23.5 Å². The lowest BCUT2D eigenvalue weighted by atomic mass is 10.0. The second kappa shape index (κ2) is 9.20. The van der Waals surface area contributed by atoms with E-state index < -0.39 is 11.8 Å². The number of imide groups is 1. The maximum Gasteiger partial charge on any atom is 0.261 e. The van der Waals surface area contributed by atoms with Crippen molar-refractivity contribution >= 4 is 17.7 Å². The maximum atomic E-state index is 12.8. The van der Waals surface area contributed by atoms with Crippen LogP contribution >= 0.6 is 0 Å². The van der Waals surface area contributed by atoms with Crippen LogP contribution in [0.5, 0.6) is 0 Å². The second-order valence-corrected chi connectivity index (χ2v) is 7.85. The summed E-state index contributed by atoms with van der Waals surface area (Å²) in [4.78, 5) is 39.3. The lowest BCUT2D eigenvalue weighted by Crippen LogP contribution is -2.28. The minimum atomic E-state index is -0.438. The van der Waals surface area contributed by atoms with E-state index in [9.17, 15) is 14.4 Å². The topological polar surface area (TPSA) is 88.8 Å². The quantitative estimate of drug-likeness (QED) is 0.545. The predicted molar refractivity (Wildman–Crippen MR) is 117 cm³/mol. The van der Waals surface area contributed by atoms with Crippen LogP contribution in [0.15, 0.2) is 65.3 Å². The number of carbonyl (C=O) groups excluding carboxylic acids is 3. The number of fused-ring (bicyclic) bond motifs is 1. The molecule has 2 heterocycles. The third-order valence-corrected chi connectivity index (χ3v) is 5.26. The SMILES string of the molecule is CC(C)OCc1ccccc1CNC(=O)c1ccc2c(c1)C(=O)N(Cc1ccco1)C2=O. The first-order chi connectivity index (χ1) is 15.4. The summed E-state index contributed by atoms with van der Waals surface area (Å²) < 4.78 is 10.9. The van der Waals surface area contributed by atoms with Crippen LogP contribution in [0.4, 0.5) is 0 Å². The molecule has 0 atom stereocenters. The normalized spacial score (nSPS) is 13.0. The molecule has 0 unspecified atom stereocenters. The third-order valence-electron chi connectivity index (χ3n) is 5.26. The Morgan fingerprint density at radius 1 is 1.00 bits per heavy atom. The Hall–Kier alpha value is -3.71. The zero-order valence-electron chi connectivity index (χ0n) is 18.0. The number of benzene rings is 2. The molecule has 0 aliphatic carbocycles. The fraction of sp³-hybridized carbons (Fsp3) is 0.240. The highest BCUT2D eigenvalue weighted by molar-refractivity contribution is 6.22. The number of amides is 3. The molecule has 0 saturated carbocycles. The van der Waals surface area contributed by atoms with Gasteiger partial charge in [0.2, 0.25) is 0 Å². The largest absolute Gasteiger partial charge is 0.467 e. The highest BCUT2D eigenvalue weighted by Crippen LogP contribution is 2.26. The summed E-state index contributed by atoms with van der Waals surface area (Å²) in [5.41, 5.74) is 2.79. The molecule has 2 aromatic carbocycles. The summed E-state index contributed by atoms with van der Waals surface area (Å²) in [6.07, 6.45) is 1.60. The Balaban J connectivity index is 1.45. The Morgan fingerprint density at radius 2 is 1.75 bits per heavy atom. The standard InChI is InChI=1S/C25H24N2O5/c1-16(2)32-15-19-7-4-3-6-18(19)13-26-23(28)17-9-10-21-22(12-17)25(30)27(24(21)29)14-20-8-5-11-31-20/h3-12,16H,13-15H2,1-2H3,(H,26,28). The van der Waals surface area contributed by atoms with E-state index in [1.807, 2.05) is 38.1 Å². The fourth-order valence-electron chi connectivity index (χ4n) is 3.54. The molecule has 164 valence electrons. The molecule has 0 bridgehead atoms. The zero-order chi connectivity index (χ0) is 22.7. The van der Waals surface area contributed by atoms with E-state index in [0.29, 0.717) is 24.5 Å². The molecule has 0 fully saturated rings. The van der Waals surface area contributed by atoms with Crippen molar-refractivity contribution in [2.75, 3.05) is 0 Å². The summed E-state index contributed by atoms with van der Waals surface area (Å²) in [6, 6.07) is 15.7. The lowest BCUT2D eigenvalue weighted by Gasteiger charge is -2.13. The molecule has 3 aromatic rings. The van der Waals surface area contributed by atoms with Gasteiger partial charge in [-0.25, -0.2) is 0 Å². The summed E-state index contributed by atoms with van der Waals surface area (Å²) in [7, 11) is 0. The Kier molecular flexibility index (Phi) is 6.18. The van der Waals surface area contributed by atoms with E-state index in [-0.39, 0.29) is 29.7 Å². The van der Waals surface area contributed by atoms with E-state index in [0.717, 1.165) is 16.0 Å². The zero-order valence-corrected chi connectivity index (χ0v) is 18.0. The number of furan rings is 1.